The molecule has 1 fully saturated rings. The van der Waals surface area contributed by atoms with E-state index in [1.807, 2.05) is 0 Å². The number of hydrogen-bond acceptors (Lipinski definition) is 3. The zero-order chi connectivity index (χ0) is 10.4. The SMILES string of the molecule is CCCCCCCN1CC(=O)OC1=O. The molecule has 0 radical (unpaired) electrons. The van der Waals surface area contributed by atoms with Crippen molar-refractivity contribution < 1.29 is 14.3 Å². The Morgan fingerprint density at radius 1 is 1.21 bits per heavy atom. The van der Waals surface area contributed by atoms with E-state index in [9.17, 15) is 9.59 Å². The Kier molecular flexibility index (Phi) is 4.43. The number of nitrogens with zero attached hydrogens (tertiary/aromatic N) is 1. The first-order chi connectivity index (χ1) is 6.74. The zero-order valence-corrected chi connectivity index (χ0v) is 8.62. The van der Waals surface area contributed by atoms with Gasteiger partial charge in [-0.3, -0.25) is 4.90 Å². The van der Waals surface area contributed by atoms with E-state index in [-0.39, 0.29) is 6.54 Å². The van der Waals surface area contributed by atoms with E-state index < -0.39 is 12.1 Å². The lowest BCUT2D eigenvalue weighted by Crippen LogP contribution is -2.25. The second-order valence-corrected chi connectivity index (χ2v) is 3.58. The number of carbonyl (C=O) groups is 2. The standard InChI is InChI=1S/C10H17NO3/c1-2-3-4-5-6-7-11-8-9(12)14-10(11)13/h2-8H2,1H3. The summed E-state index contributed by atoms with van der Waals surface area (Å²) in [6.07, 6.45) is 5.25. The first kappa shape index (κ1) is 11.0. The van der Waals surface area contributed by atoms with E-state index in [0.717, 1.165) is 12.8 Å². The normalized spacial score (nSPS) is 16.2. The molecule has 14 heavy (non-hydrogen) atoms. The maximum atomic E-state index is 11.0. The molecule has 0 bridgehead atoms. The third kappa shape index (κ3) is 3.36. The molecule has 0 spiro atoms. The molecule has 0 atom stereocenters. The van der Waals surface area contributed by atoms with Crippen molar-refractivity contribution in [3.05, 3.63) is 0 Å². The summed E-state index contributed by atoms with van der Waals surface area (Å²) in [6.45, 7) is 2.94. The zero-order valence-electron chi connectivity index (χ0n) is 8.62. The van der Waals surface area contributed by atoms with Crippen molar-refractivity contribution in [2.45, 2.75) is 39.0 Å². The minimum Gasteiger partial charge on any atom is -0.375 e. The number of esters is 1. The fraction of sp³-hybridized carbons (Fsp3) is 0.800. The Morgan fingerprint density at radius 2 is 1.93 bits per heavy atom. The molecule has 0 aliphatic carbocycles. The Bertz CT molecular complexity index is 215. The van der Waals surface area contributed by atoms with Crippen molar-refractivity contribution in [1.29, 1.82) is 0 Å². The van der Waals surface area contributed by atoms with Crippen LogP contribution in [0.25, 0.3) is 0 Å². The van der Waals surface area contributed by atoms with Crippen LogP contribution in [0.1, 0.15) is 39.0 Å². The average molecular weight is 199 g/mol. The van der Waals surface area contributed by atoms with Gasteiger partial charge in [0, 0.05) is 6.54 Å². The van der Waals surface area contributed by atoms with E-state index in [1.54, 1.807) is 0 Å². The van der Waals surface area contributed by atoms with E-state index in [1.165, 1.54) is 24.2 Å². The largest absolute Gasteiger partial charge is 0.418 e. The van der Waals surface area contributed by atoms with Crippen LogP contribution in [0.15, 0.2) is 0 Å². The van der Waals surface area contributed by atoms with E-state index in [0.29, 0.717) is 6.54 Å². The number of cyclic esters (lactones) is 2. The smallest absolute Gasteiger partial charge is 0.375 e. The summed E-state index contributed by atoms with van der Waals surface area (Å²) in [5.41, 5.74) is 0. The first-order valence-electron chi connectivity index (χ1n) is 5.23. The maximum Gasteiger partial charge on any atom is 0.418 e. The van der Waals surface area contributed by atoms with Gasteiger partial charge < -0.3 is 4.74 Å². The summed E-state index contributed by atoms with van der Waals surface area (Å²) in [5.74, 6) is -0.427. The highest BCUT2D eigenvalue weighted by Gasteiger charge is 2.28. The summed E-state index contributed by atoms with van der Waals surface area (Å²) in [7, 11) is 0. The predicted octanol–water partition coefficient (Wildman–Crippen LogP) is 1.94. The molecule has 1 rings (SSSR count). The Hall–Kier alpha value is -1.06. The minimum absolute atomic E-state index is 0.132. The van der Waals surface area contributed by atoms with Crippen molar-refractivity contribution in [2.75, 3.05) is 13.1 Å². The van der Waals surface area contributed by atoms with Crippen molar-refractivity contribution in [3.63, 3.8) is 0 Å². The van der Waals surface area contributed by atoms with E-state index in [2.05, 4.69) is 11.7 Å². The Balaban J connectivity index is 2.07. The number of hydrogen-bond donors (Lipinski definition) is 0. The predicted molar refractivity (Wildman–Crippen MR) is 51.8 cm³/mol. The fourth-order valence-corrected chi connectivity index (χ4v) is 1.49. The average Bonchev–Trinajstić information content (AvgIpc) is 2.45. The lowest BCUT2D eigenvalue weighted by atomic mass is 10.1. The molecule has 0 N–H and O–H groups in total. The molecule has 0 aromatic heterocycles. The molecule has 1 aliphatic rings. The van der Waals surface area contributed by atoms with Crippen LogP contribution < -0.4 is 0 Å². The van der Waals surface area contributed by atoms with E-state index >= 15 is 0 Å². The van der Waals surface area contributed by atoms with Gasteiger partial charge in [-0.05, 0) is 6.42 Å². The summed E-state index contributed by atoms with van der Waals surface area (Å²) in [5, 5.41) is 0. The third-order valence-corrected chi connectivity index (χ3v) is 2.31. The number of amides is 1. The summed E-state index contributed by atoms with van der Waals surface area (Å²) >= 11 is 0. The van der Waals surface area contributed by atoms with Crippen LogP contribution in [-0.4, -0.2) is 30.1 Å². The van der Waals surface area contributed by atoms with Gasteiger partial charge in [0.1, 0.15) is 6.54 Å². The quantitative estimate of drug-likeness (QED) is 0.373. The molecule has 1 amide bonds. The van der Waals surface area contributed by atoms with Crippen molar-refractivity contribution in [1.82, 2.24) is 4.90 Å². The molecule has 1 heterocycles. The number of unbranched alkanes of at least 4 members (excludes halogenated alkanes) is 4. The van der Waals surface area contributed by atoms with Crippen LogP contribution in [0.4, 0.5) is 4.79 Å². The van der Waals surface area contributed by atoms with Crippen molar-refractivity contribution in [3.8, 4) is 0 Å². The third-order valence-electron chi connectivity index (χ3n) is 2.31. The maximum absolute atomic E-state index is 11.0. The van der Waals surface area contributed by atoms with Gasteiger partial charge in [-0.25, -0.2) is 9.59 Å². The molecule has 0 aromatic carbocycles. The van der Waals surface area contributed by atoms with Crippen LogP contribution in [0, 0.1) is 0 Å². The van der Waals surface area contributed by atoms with Gasteiger partial charge in [-0.15, -0.1) is 0 Å². The van der Waals surface area contributed by atoms with Crippen molar-refractivity contribution >= 4 is 12.1 Å². The molecular weight excluding hydrogens is 182 g/mol. The molecule has 4 heteroatoms. The summed E-state index contributed by atoms with van der Waals surface area (Å²) in [4.78, 5) is 23.2. The molecule has 80 valence electrons. The molecule has 1 saturated heterocycles. The molecule has 0 aromatic rings. The highest BCUT2D eigenvalue weighted by Crippen LogP contribution is 2.08. The molecule has 0 saturated carbocycles. The second kappa shape index (κ2) is 5.62. The van der Waals surface area contributed by atoms with Gasteiger partial charge in [0.2, 0.25) is 0 Å². The molecule has 4 nitrogen and oxygen atoms in total. The lowest BCUT2D eigenvalue weighted by molar-refractivity contribution is -0.132. The highest BCUT2D eigenvalue weighted by atomic mass is 16.6. The number of ether oxygens (including phenoxy) is 1. The lowest BCUT2D eigenvalue weighted by Gasteiger charge is -2.10. The summed E-state index contributed by atoms with van der Waals surface area (Å²) < 4.78 is 4.40. The minimum atomic E-state index is -0.481. The van der Waals surface area contributed by atoms with Crippen LogP contribution >= 0.6 is 0 Å². The van der Waals surface area contributed by atoms with Crippen LogP contribution in [0.3, 0.4) is 0 Å². The monoisotopic (exact) mass is 199 g/mol. The number of rotatable bonds is 6. The van der Waals surface area contributed by atoms with Gasteiger partial charge >= 0.3 is 12.1 Å². The van der Waals surface area contributed by atoms with Gasteiger partial charge in [0.25, 0.3) is 0 Å². The highest BCUT2D eigenvalue weighted by molar-refractivity contribution is 5.92. The van der Waals surface area contributed by atoms with Crippen LogP contribution in [0.2, 0.25) is 0 Å². The Labute approximate surface area is 84.2 Å². The first-order valence-corrected chi connectivity index (χ1v) is 5.23. The van der Waals surface area contributed by atoms with Crippen molar-refractivity contribution in [2.24, 2.45) is 0 Å². The molecule has 1 aliphatic heterocycles. The van der Waals surface area contributed by atoms with Gasteiger partial charge in [0.05, 0.1) is 0 Å². The van der Waals surface area contributed by atoms with Crippen LogP contribution in [-0.2, 0) is 9.53 Å². The number of carbonyl (C=O) groups excluding carboxylic acids is 2. The van der Waals surface area contributed by atoms with Gasteiger partial charge in [-0.2, -0.15) is 0 Å². The summed E-state index contributed by atoms with van der Waals surface area (Å²) in [6, 6.07) is 0. The van der Waals surface area contributed by atoms with E-state index in [4.69, 9.17) is 0 Å². The topological polar surface area (TPSA) is 46.6 Å². The van der Waals surface area contributed by atoms with Gasteiger partial charge in [-0.1, -0.05) is 32.6 Å². The van der Waals surface area contributed by atoms with Gasteiger partial charge in [0.15, 0.2) is 0 Å². The fourth-order valence-electron chi connectivity index (χ4n) is 1.49. The van der Waals surface area contributed by atoms with Crippen LogP contribution in [0.5, 0.6) is 0 Å². The molecule has 0 unspecified atom stereocenters. The Morgan fingerprint density at radius 3 is 2.50 bits per heavy atom. The molecular formula is C10H17NO3. The second-order valence-electron chi connectivity index (χ2n) is 3.58.